The Balaban J connectivity index is 1.69. The first kappa shape index (κ1) is 17.8. The Labute approximate surface area is 144 Å². The lowest BCUT2D eigenvalue weighted by Crippen LogP contribution is -2.48. The van der Waals surface area contributed by atoms with Gasteiger partial charge in [0.2, 0.25) is 0 Å². The normalized spacial score (nSPS) is 17.4. The average Bonchev–Trinajstić information content (AvgIpc) is 3.03. The van der Waals surface area contributed by atoms with Crippen LogP contribution in [-0.4, -0.2) is 62.2 Å². The van der Waals surface area contributed by atoms with E-state index >= 15 is 0 Å². The fourth-order valence-corrected chi connectivity index (χ4v) is 2.93. The number of halogens is 3. The highest BCUT2D eigenvalue weighted by molar-refractivity contribution is 5.35. The van der Waals surface area contributed by atoms with Gasteiger partial charge in [0.15, 0.2) is 5.82 Å². The van der Waals surface area contributed by atoms with Crippen molar-refractivity contribution in [2.24, 2.45) is 0 Å². The van der Waals surface area contributed by atoms with Gasteiger partial charge >= 0.3 is 6.18 Å². The molecule has 1 aromatic heterocycles. The predicted molar refractivity (Wildman–Crippen MR) is 86.1 cm³/mol. The number of hydrogen-bond acceptors (Lipinski definition) is 5. The molecule has 136 valence electrons. The van der Waals surface area contributed by atoms with Crippen LogP contribution < -0.4 is 0 Å². The quantitative estimate of drug-likeness (QED) is 0.843. The maximum atomic E-state index is 12.7. The molecule has 1 saturated heterocycles. The highest BCUT2D eigenvalue weighted by atomic mass is 19.4. The zero-order valence-corrected chi connectivity index (χ0v) is 14.2. The lowest BCUT2D eigenvalue weighted by molar-refractivity contribution is -0.137. The molecule has 1 fully saturated rings. The van der Waals surface area contributed by atoms with Crippen LogP contribution in [0.15, 0.2) is 24.3 Å². The number of tetrazole rings is 1. The van der Waals surface area contributed by atoms with Crippen LogP contribution in [0.2, 0.25) is 0 Å². The van der Waals surface area contributed by atoms with Crippen molar-refractivity contribution in [3.63, 3.8) is 0 Å². The van der Waals surface area contributed by atoms with Gasteiger partial charge in [-0.05, 0) is 48.5 Å². The molecule has 0 amide bonds. The van der Waals surface area contributed by atoms with Crippen LogP contribution in [0.5, 0.6) is 0 Å². The Bertz CT molecular complexity index is 687. The number of aromatic nitrogens is 4. The van der Waals surface area contributed by atoms with Gasteiger partial charge in [-0.3, -0.25) is 9.80 Å². The molecule has 0 saturated carbocycles. The molecule has 1 aromatic carbocycles. The molecule has 6 nitrogen and oxygen atoms in total. The molecule has 0 unspecified atom stereocenters. The maximum absolute atomic E-state index is 12.7. The van der Waals surface area contributed by atoms with E-state index in [1.165, 1.54) is 16.8 Å². The van der Waals surface area contributed by atoms with E-state index in [9.17, 15) is 13.2 Å². The van der Waals surface area contributed by atoms with Crippen molar-refractivity contribution in [1.29, 1.82) is 0 Å². The number of piperazine rings is 1. The van der Waals surface area contributed by atoms with Gasteiger partial charge in [-0.15, -0.1) is 5.10 Å². The Morgan fingerprint density at radius 2 is 1.68 bits per heavy atom. The summed E-state index contributed by atoms with van der Waals surface area (Å²) < 4.78 is 39.5. The van der Waals surface area contributed by atoms with E-state index < -0.39 is 11.7 Å². The van der Waals surface area contributed by atoms with Crippen LogP contribution in [0, 0.1) is 0 Å². The summed E-state index contributed by atoms with van der Waals surface area (Å²) in [7, 11) is 0. The number of alkyl halides is 3. The minimum absolute atomic E-state index is 0.522. The van der Waals surface area contributed by atoms with Crippen LogP contribution in [0.4, 0.5) is 13.2 Å². The van der Waals surface area contributed by atoms with Crippen LogP contribution in [0.3, 0.4) is 0 Å². The second-order valence-corrected chi connectivity index (χ2v) is 6.46. The van der Waals surface area contributed by atoms with Crippen molar-refractivity contribution in [3.05, 3.63) is 35.7 Å². The summed E-state index contributed by atoms with van der Waals surface area (Å²) in [5.74, 6) is 0.623. The highest BCUT2D eigenvalue weighted by Crippen LogP contribution is 2.29. The molecule has 0 bridgehead atoms. The van der Waals surface area contributed by atoms with E-state index in [0.29, 0.717) is 24.1 Å². The number of hydrogen-bond donors (Lipinski definition) is 0. The highest BCUT2D eigenvalue weighted by Gasteiger charge is 2.30. The summed E-state index contributed by atoms with van der Waals surface area (Å²) in [6.07, 6.45) is -4.35. The Morgan fingerprint density at radius 3 is 2.24 bits per heavy atom. The molecule has 1 aliphatic heterocycles. The zero-order chi connectivity index (χ0) is 18.0. The third kappa shape index (κ3) is 4.16. The number of nitrogens with zero attached hydrogens (tertiary/aromatic N) is 6. The summed E-state index contributed by atoms with van der Waals surface area (Å²) in [5, 5.41) is 11.6. The minimum atomic E-state index is -4.35. The van der Waals surface area contributed by atoms with Gasteiger partial charge in [0.1, 0.15) is 0 Å². The number of rotatable bonds is 4. The molecule has 0 atom stereocenters. The average molecular weight is 354 g/mol. The summed E-state index contributed by atoms with van der Waals surface area (Å²) in [6, 6.07) is 5.39. The van der Waals surface area contributed by atoms with Gasteiger partial charge in [-0.2, -0.15) is 17.9 Å². The molecule has 2 heterocycles. The molecule has 1 aliphatic rings. The molecule has 9 heteroatoms. The summed E-state index contributed by atoms with van der Waals surface area (Å²) >= 11 is 0. The van der Waals surface area contributed by atoms with Crippen LogP contribution in [-0.2, 0) is 12.7 Å². The second-order valence-electron chi connectivity index (χ2n) is 6.46. The monoisotopic (exact) mass is 354 g/mol. The third-order valence-corrected chi connectivity index (χ3v) is 4.48. The van der Waals surface area contributed by atoms with Gasteiger partial charge in [-0.1, -0.05) is 0 Å². The van der Waals surface area contributed by atoms with Gasteiger partial charge in [0, 0.05) is 32.2 Å². The molecule has 25 heavy (non-hydrogen) atoms. The Hall–Kier alpha value is -2.00. The fourth-order valence-electron chi connectivity index (χ4n) is 2.93. The van der Waals surface area contributed by atoms with Gasteiger partial charge in [0.25, 0.3) is 0 Å². The van der Waals surface area contributed by atoms with Crippen molar-refractivity contribution in [2.45, 2.75) is 32.6 Å². The van der Waals surface area contributed by atoms with Crippen LogP contribution >= 0.6 is 0 Å². The molecular weight excluding hydrogens is 333 g/mol. The van der Waals surface area contributed by atoms with E-state index in [4.69, 9.17) is 0 Å². The van der Waals surface area contributed by atoms with E-state index in [-0.39, 0.29) is 0 Å². The van der Waals surface area contributed by atoms with E-state index in [2.05, 4.69) is 39.2 Å². The molecule has 0 spiro atoms. The summed E-state index contributed by atoms with van der Waals surface area (Å²) in [6.45, 7) is 8.73. The predicted octanol–water partition coefficient (Wildman–Crippen LogP) is 2.21. The summed E-state index contributed by atoms with van der Waals surface area (Å²) in [4.78, 5) is 4.67. The van der Waals surface area contributed by atoms with Crippen molar-refractivity contribution < 1.29 is 13.2 Å². The Morgan fingerprint density at radius 1 is 1.04 bits per heavy atom. The lowest BCUT2D eigenvalue weighted by Gasteiger charge is -2.36. The van der Waals surface area contributed by atoms with E-state index in [0.717, 1.165) is 38.3 Å². The van der Waals surface area contributed by atoms with Crippen LogP contribution in [0.1, 0.15) is 25.2 Å². The Kier molecular flexibility index (Phi) is 5.05. The first-order chi connectivity index (χ1) is 11.8. The standard InChI is InChI=1S/C16H21F3N6/c1-12(2)24-9-7-23(8-10-24)11-15-20-21-22-25(15)14-5-3-13(4-6-14)16(17,18)19/h3-6,12H,7-11H2,1-2H3. The molecule has 0 N–H and O–H groups in total. The molecule has 0 aliphatic carbocycles. The third-order valence-electron chi connectivity index (χ3n) is 4.48. The smallest absolute Gasteiger partial charge is 0.298 e. The van der Waals surface area contributed by atoms with Gasteiger partial charge < -0.3 is 0 Å². The second kappa shape index (κ2) is 7.09. The summed E-state index contributed by atoms with van der Waals surface area (Å²) in [5.41, 5.74) is -0.163. The van der Waals surface area contributed by atoms with E-state index in [1.54, 1.807) is 0 Å². The maximum Gasteiger partial charge on any atom is 0.416 e. The lowest BCUT2D eigenvalue weighted by atomic mass is 10.2. The molecule has 0 radical (unpaired) electrons. The molecular formula is C16H21F3N6. The largest absolute Gasteiger partial charge is 0.416 e. The minimum Gasteiger partial charge on any atom is -0.298 e. The van der Waals surface area contributed by atoms with Crippen molar-refractivity contribution in [1.82, 2.24) is 30.0 Å². The number of benzene rings is 1. The fraction of sp³-hybridized carbons (Fsp3) is 0.562. The molecule has 3 rings (SSSR count). The zero-order valence-electron chi connectivity index (χ0n) is 14.2. The van der Waals surface area contributed by atoms with Crippen molar-refractivity contribution >= 4 is 0 Å². The van der Waals surface area contributed by atoms with Gasteiger partial charge in [-0.25, -0.2) is 0 Å². The first-order valence-corrected chi connectivity index (χ1v) is 8.26. The van der Waals surface area contributed by atoms with E-state index in [1.807, 2.05) is 0 Å². The van der Waals surface area contributed by atoms with Crippen LogP contribution in [0.25, 0.3) is 5.69 Å². The van der Waals surface area contributed by atoms with Crippen molar-refractivity contribution in [2.75, 3.05) is 26.2 Å². The topological polar surface area (TPSA) is 50.1 Å². The first-order valence-electron chi connectivity index (χ1n) is 8.26. The molecule has 2 aromatic rings. The van der Waals surface area contributed by atoms with Crippen molar-refractivity contribution in [3.8, 4) is 5.69 Å². The SMILES string of the molecule is CC(C)N1CCN(Cc2nnnn2-c2ccc(C(F)(F)F)cc2)CC1. The van der Waals surface area contributed by atoms with Gasteiger partial charge in [0.05, 0.1) is 17.8 Å².